The number of benzene rings is 1. The number of hydrogen-bond acceptors (Lipinski definition) is 3. The summed E-state index contributed by atoms with van der Waals surface area (Å²) in [5, 5.41) is 10.5. The second-order valence-electron chi connectivity index (χ2n) is 3.03. The molecule has 0 saturated carbocycles. The number of hydrogen-bond donors (Lipinski definition) is 0. The van der Waals surface area contributed by atoms with E-state index in [1.54, 1.807) is 18.3 Å². The quantitative estimate of drug-likeness (QED) is 0.337. The summed E-state index contributed by atoms with van der Waals surface area (Å²) >= 11 is 0. The van der Waals surface area contributed by atoms with Gasteiger partial charge in [0.05, 0.1) is 11.5 Å². The molecule has 0 aliphatic heterocycles. The van der Waals surface area contributed by atoms with Gasteiger partial charge in [-0.15, -0.1) is 5.92 Å². The van der Waals surface area contributed by atoms with Crippen LogP contribution >= 0.6 is 0 Å². The van der Waals surface area contributed by atoms with Gasteiger partial charge >= 0.3 is 0 Å². The summed E-state index contributed by atoms with van der Waals surface area (Å²) in [6.45, 7) is 2.40. The predicted molar refractivity (Wildman–Crippen MR) is 63.6 cm³/mol. The zero-order valence-corrected chi connectivity index (χ0v) is 9.01. The van der Waals surface area contributed by atoms with Gasteiger partial charge in [0.1, 0.15) is 0 Å². The lowest BCUT2D eigenvalue weighted by Gasteiger charge is -1.92. The lowest BCUT2D eigenvalue weighted by Crippen LogP contribution is -1.89. The van der Waals surface area contributed by atoms with Gasteiger partial charge in [-0.25, -0.2) is 0 Å². The third-order valence-corrected chi connectivity index (χ3v) is 1.79. The van der Waals surface area contributed by atoms with Gasteiger partial charge in [0, 0.05) is 24.8 Å². The highest BCUT2D eigenvalue weighted by Crippen LogP contribution is 2.11. The van der Waals surface area contributed by atoms with Gasteiger partial charge in [-0.2, -0.15) is 0 Å². The van der Waals surface area contributed by atoms with Crippen LogP contribution in [0.5, 0.6) is 0 Å². The van der Waals surface area contributed by atoms with Gasteiger partial charge in [0.15, 0.2) is 0 Å². The van der Waals surface area contributed by atoms with Crippen molar-refractivity contribution in [3.8, 4) is 11.8 Å². The zero-order chi connectivity index (χ0) is 11.8. The van der Waals surface area contributed by atoms with Crippen molar-refractivity contribution in [1.29, 1.82) is 0 Å². The van der Waals surface area contributed by atoms with Crippen molar-refractivity contribution in [3.63, 3.8) is 0 Å². The van der Waals surface area contributed by atoms with Crippen molar-refractivity contribution in [2.45, 2.75) is 13.3 Å². The summed E-state index contributed by atoms with van der Waals surface area (Å²) in [7, 11) is 0. The number of aliphatic imine (C=N–C) groups is 1. The van der Waals surface area contributed by atoms with Gasteiger partial charge in [-0.05, 0) is 5.56 Å². The standard InChI is InChI=1S/C12H12N2O2/c1-2-3-4-8-13-10-11-6-5-7-12(9-11)14(15)16/h5-7,9-10H,2,8H2,1H3. The zero-order valence-electron chi connectivity index (χ0n) is 9.01. The molecular formula is C12H12N2O2. The molecule has 0 fully saturated rings. The van der Waals surface area contributed by atoms with E-state index in [9.17, 15) is 10.1 Å². The molecular weight excluding hydrogens is 204 g/mol. The van der Waals surface area contributed by atoms with Gasteiger partial charge in [0.2, 0.25) is 0 Å². The summed E-state index contributed by atoms with van der Waals surface area (Å²) in [6, 6.07) is 6.34. The van der Waals surface area contributed by atoms with E-state index in [0.29, 0.717) is 12.1 Å². The van der Waals surface area contributed by atoms with E-state index in [1.165, 1.54) is 12.1 Å². The van der Waals surface area contributed by atoms with Crippen molar-refractivity contribution in [2.24, 2.45) is 4.99 Å². The van der Waals surface area contributed by atoms with Crippen LogP contribution in [0.25, 0.3) is 0 Å². The van der Waals surface area contributed by atoms with E-state index >= 15 is 0 Å². The van der Waals surface area contributed by atoms with Crippen LogP contribution in [0.15, 0.2) is 29.3 Å². The molecule has 0 aliphatic carbocycles. The van der Waals surface area contributed by atoms with Crippen LogP contribution in [-0.4, -0.2) is 17.7 Å². The van der Waals surface area contributed by atoms with Gasteiger partial charge in [0.25, 0.3) is 5.69 Å². The van der Waals surface area contributed by atoms with Crippen LogP contribution in [0, 0.1) is 22.0 Å². The van der Waals surface area contributed by atoms with E-state index in [0.717, 1.165) is 6.42 Å². The molecule has 1 rings (SSSR count). The van der Waals surface area contributed by atoms with E-state index < -0.39 is 4.92 Å². The van der Waals surface area contributed by atoms with E-state index in [2.05, 4.69) is 16.8 Å². The Morgan fingerprint density at radius 2 is 2.31 bits per heavy atom. The maximum Gasteiger partial charge on any atom is 0.270 e. The Labute approximate surface area is 94.2 Å². The second kappa shape index (κ2) is 6.36. The SMILES string of the molecule is CCC#CCN=Cc1cccc([N+](=O)[O-])c1. The van der Waals surface area contributed by atoms with Crippen LogP contribution in [0.1, 0.15) is 18.9 Å². The summed E-state index contributed by atoms with van der Waals surface area (Å²) in [6.07, 6.45) is 2.41. The molecule has 0 unspecified atom stereocenters. The molecule has 0 N–H and O–H groups in total. The minimum absolute atomic E-state index is 0.0728. The average Bonchev–Trinajstić information content (AvgIpc) is 2.29. The number of nitro benzene ring substituents is 1. The molecule has 0 aromatic heterocycles. The first-order valence-corrected chi connectivity index (χ1v) is 4.94. The molecule has 0 amide bonds. The molecule has 4 heteroatoms. The minimum Gasteiger partial charge on any atom is -0.280 e. The largest absolute Gasteiger partial charge is 0.280 e. The molecule has 1 aromatic carbocycles. The molecule has 1 aromatic rings. The highest BCUT2D eigenvalue weighted by molar-refractivity contribution is 5.80. The fourth-order valence-electron chi connectivity index (χ4n) is 1.10. The van der Waals surface area contributed by atoms with Gasteiger partial charge in [-0.1, -0.05) is 25.0 Å². The monoisotopic (exact) mass is 216 g/mol. The first-order valence-electron chi connectivity index (χ1n) is 4.94. The Morgan fingerprint density at radius 1 is 1.50 bits per heavy atom. The maximum absolute atomic E-state index is 10.5. The number of rotatable bonds is 3. The van der Waals surface area contributed by atoms with Gasteiger partial charge < -0.3 is 0 Å². The van der Waals surface area contributed by atoms with Crippen molar-refractivity contribution in [2.75, 3.05) is 6.54 Å². The highest BCUT2D eigenvalue weighted by Gasteiger charge is 2.03. The molecule has 0 heterocycles. The average molecular weight is 216 g/mol. The summed E-state index contributed by atoms with van der Waals surface area (Å²) < 4.78 is 0. The Kier molecular flexibility index (Phi) is 4.74. The van der Waals surface area contributed by atoms with Crippen molar-refractivity contribution >= 4 is 11.9 Å². The highest BCUT2D eigenvalue weighted by atomic mass is 16.6. The third kappa shape index (κ3) is 3.93. The summed E-state index contributed by atoms with van der Waals surface area (Å²) in [5.41, 5.74) is 0.788. The van der Waals surface area contributed by atoms with E-state index in [4.69, 9.17) is 0 Å². The normalized spacial score (nSPS) is 9.81. The molecule has 0 bridgehead atoms. The van der Waals surface area contributed by atoms with Crippen LogP contribution in [0.2, 0.25) is 0 Å². The molecule has 0 radical (unpaired) electrons. The van der Waals surface area contributed by atoms with Crippen molar-refractivity contribution in [3.05, 3.63) is 39.9 Å². The fourth-order valence-corrected chi connectivity index (χ4v) is 1.10. The lowest BCUT2D eigenvalue weighted by atomic mass is 10.2. The van der Waals surface area contributed by atoms with Crippen LogP contribution in [0.4, 0.5) is 5.69 Å². The molecule has 0 spiro atoms. The van der Waals surface area contributed by atoms with Crippen molar-refractivity contribution < 1.29 is 4.92 Å². The van der Waals surface area contributed by atoms with Crippen LogP contribution < -0.4 is 0 Å². The molecule has 82 valence electrons. The van der Waals surface area contributed by atoms with Gasteiger partial charge in [-0.3, -0.25) is 15.1 Å². The smallest absolute Gasteiger partial charge is 0.270 e. The second-order valence-corrected chi connectivity index (χ2v) is 3.03. The van der Waals surface area contributed by atoms with E-state index in [1.807, 2.05) is 6.92 Å². The summed E-state index contributed by atoms with van der Waals surface area (Å²) in [5.74, 6) is 5.75. The minimum atomic E-state index is -0.422. The lowest BCUT2D eigenvalue weighted by molar-refractivity contribution is -0.384. The molecule has 0 atom stereocenters. The first kappa shape index (κ1) is 11.9. The Morgan fingerprint density at radius 3 is 3.00 bits per heavy atom. The molecule has 16 heavy (non-hydrogen) atoms. The number of nitro groups is 1. The van der Waals surface area contributed by atoms with E-state index in [-0.39, 0.29) is 5.69 Å². The molecule has 4 nitrogen and oxygen atoms in total. The molecule has 0 aliphatic rings. The molecule has 0 saturated heterocycles. The maximum atomic E-state index is 10.5. The van der Waals surface area contributed by atoms with Crippen molar-refractivity contribution in [1.82, 2.24) is 0 Å². The number of non-ortho nitro benzene ring substituents is 1. The fraction of sp³-hybridized carbons (Fsp3) is 0.250. The van der Waals surface area contributed by atoms with Crippen LogP contribution in [-0.2, 0) is 0 Å². The Hall–Kier alpha value is -2.15. The first-order chi connectivity index (χ1) is 7.74. The topological polar surface area (TPSA) is 55.5 Å². The van der Waals surface area contributed by atoms with Crippen LogP contribution in [0.3, 0.4) is 0 Å². The summed E-state index contributed by atoms with van der Waals surface area (Å²) in [4.78, 5) is 14.1. The Bertz CT molecular complexity index is 456. The predicted octanol–water partition coefficient (Wildman–Crippen LogP) is 2.43. The third-order valence-electron chi connectivity index (χ3n) is 1.79. The Balaban J connectivity index is 2.67. The number of nitrogens with zero attached hydrogens (tertiary/aromatic N) is 2.